The maximum atomic E-state index is 13.8. The van der Waals surface area contributed by atoms with E-state index in [9.17, 15) is 27.2 Å². The van der Waals surface area contributed by atoms with Crippen molar-refractivity contribution in [3.63, 3.8) is 0 Å². The summed E-state index contributed by atoms with van der Waals surface area (Å²) >= 11 is 5.54. The van der Waals surface area contributed by atoms with Crippen LogP contribution in [-0.2, 0) is 15.4 Å². The third-order valence-corrected chi connectivity index (χ3v) is 7.20. The van der Waals surface area contributed by atoms with Crippen LogP contribution in [0.4, 0.5) is 23.2 Å². The van der Waals surface area contributed by atoms with Crippen LogP contribution in [0.2, 0.25) is 0 Å². The standard InChI is InChI=1S/C17H15ClF2N2O2.C17H15F2N5O2/c1-10-4-5-14(21-9-10)11-6-12(15(23)24-3)8-13(7-11)22-16(18)17(2,19)20;1-10-4-5-14(20-9-10)11-6-12(15(25)26-3)8-13(7-11)24-16(17(2,18)19)21-22-23-24/h4-9H,1-3H3;4-9H,1-3H3. The number of carbonyl (C=O) groups is 2. The number of esters is 2. The summed E-state index contributed by atoms with van der Waals surface area (Å²) in [6.07, 6.45) is 3.33. The molecule has 2 aromatic carbocycles. The van der Waals surface area contributed by atoms with Crippen LogP contribution >= 0.6 is 11.6 Å². The van der Waals surface area contributed by atoms with Crippen LogP contribution in [0.1, 0.15) is 51.5 Å². The first-order valence-corrected chi connectivity index (χ1v) is 15.0. The minimum atomic E-state index is -3.27. The number of aromatic nitrogens is 6. The molecule has 5 aromatic rings. The number of halogens is 5. The highest BCUT2D eigenvalue weighted by Crippen LogP contribution is 2.30. The zero-order chi connectivity index (χ0) is 36.8. The smallest absolute Gasteiger partial charge is 0.337 e. The number of carbonyl (C=O) groups excluding carboxylic acids is 2. The van der Waals surface area contributed by atoms with Crippen molar-refractivity contribution in [1.82, 2.24) is 30.2 Å². The largest absolute Gasteiger partial charge is 0.465 e. The maximum absolute atomic E-state index is 13.8. The van der Waals surface area contributed by atoms with E-state index in [-0.39, 0.29) is 22.5 Å². The molecule has 3 heterocycles. The lowest BCUT2D eigenvalue weighted by atomic mass is 10.1. The van der Waals surface area contributed by atoms with Crippen molar-refractivity contribution in [2.24, 2.45) is 4.99 Å². The fourth-order valence-corrected chi connectivity index (χ4v) is 4.40. The number of hydrogen-bond acceptors (Lipinski definition) is 10. The van der Waals surface area contributed by atoms with Crippen LogP contribution < -0.4 is 0 Å². The molecule has 260 valence electrons. The van der Waals surface area contributed by atoms with Gasteiger partial charge in [0.25, 0.3) is 5.92 Å². The van der Waals surface area contributed by atoms with Crippen molar-refractivity contribution in [1.29, 1.82) is 0 Å². The number of pyridine rings is 2. The van der Waals surface area contributed by atoms with Gasteiger partial charge in [-0.1, -0.05) is 23.7 Å². The fourth-order valence-electron chi connectivity index (χ4n) is 4.30. The molecular weight excluding hydrogens is 682 g/mol. The Labute approximate surface area is 289 Å². The fraction of sp³-hybridized carbons (Fsp3) is 0.235. The van der Waals surface area contributed by atoms with E-state index < -0.39 is 34.8 Å². The summed E-state index contributed by atoms with van der Waals surface area (Å²) in [5, 5.41) is 9.48. The summed E-state index contributed by atoms with van der Waals surface area (Å²) in [4.78, 5) is 36.1. The third-order valence-electron chi connectivity index (χ3n) is 6.79. The molecule has 0 aliphatic carbocycles. The van der Waals surface area contributed by atoms with Gasteiger partial charge in [0, 0.05) is 37.4 Å². The molecule has 0 aliphatic heterocycles. The summed E-state index contributed by atoms with van der Waals surface area (Å²) in [5.74, 6) is -8.39. The number of aliphatic imine (C=N–C) groups is 1. The molecule has 0 spiro atoms. The van der Waals surface area contributed by atoms with Gasteiger partial charge in [0.15, 0.2) is 5.17 Å². The predicted molar refractivity (Wildman–Crippen MR) is 177 cm³/mol. The van der Waals surface area contributed by atoms with E-state index in [1.807, 2.05) is 26.0 Å². The minimum Gasteiger partial charge on any atom is -0.465 e. The van der Waals surface area contributed by atoms with Gasteiger partial charge in [-0.25, -0.2) is 14.6 Å². The number of ether oxygens (including phenoxy) is 2. The Balaban J connectivity index is 0.000000226. The lowest BCUT2D eigenvalue weighted by molar-refractivity contribution is 0.00526. The number of hydrogen-bond donors (Lipinski definition) is 0. The highest BCUT2D eigenvalue weighted by atomic mass is 35.5. The van der Waals surface area contributed by atoms with Gasteiger partial charge in [-0.15, -0.1) is 5.10 Å². The first kappa shape index (κ1) is 37.3. The first-order chi connectivity index (χ1) is 23.5. The summed E-state index contributed by atoms with van der Waals surface area (Å²) in [6, 6.07) is 16.2. The zero-order valence-corrected chi connectivity index (χ0v) is 28.3. The number of alkyl halides is 4. The van der Waals surface area contributed by atoms with Gasteiger partial charge >= 0.3 is 17.9 Å². The number of rotatable bonds is 8. The van der Waals surface area contributed by atoms with Gasteiger partial charge in [-0.3, -0.25) is 9.97 Å². The van der Waals surface area contributed by atoms with Crippen LogP contribution in [-0.4, -0.2) is 67.4 Å². The predicted octanol–water partition coefficient (Wildman–Crippen LogP) is 7.70. The number of methoxy groups -OCH3 is 2. The van der Waals surface area contributed by atoms with E-state index in [0.717, 1.165) is 15.8 Å². The Morgan fingerprint density at radius 1 is 0.780 bits per heavy atom. The Kier molecular flexibility index (Phi) is 11.4. The van der Waals surface area contributed by atoms with E-state index in [2.05, 4.69) is 35.2 Å². The number of benzene rings is 2. The summed E-state index contributed by atoms with van der Waals surface area (Å²) in [5.41, 5.74) is 4.81. The van der Waals surface area contributed by atoms with Gasteiger partial charge < -0.3 is 9.47 Å². The molecule has 0 fully saturated rings. The van der Waals surface area contributed by atoms with Crippen molar-refractivity contribution in [2.45, 2.75) is 39.5 Å². The van der Waals surface area contributed by atoms with Crippen LogP contribution in [0.5, 0.6) is 0 Å². The van der Waals surface area contributed by atoms with Crippen LogP contribution in [0.3, 0.4) is 0 Å². The van der Waals surface area contributed by atoms with E-state index in [4.69, 9.17) is 16.3 Å². The van der Waals surface area contributed by atoms with Gasteiger partial charge in [0.2, 0.25) is 5.82 Å². The molecule has 16 heteroatoms. The maximum Gasteiger partial charge on any atom is 0.337 e. The molecular formula is C34H30ClF4N7O4. The minimum absolute atomic E-state index is 0.113. The van der Waals surface area contributed by atoms with Gasteiger partial charge in [0.1, 0.15) is 0 Å². The molecule has 5 rings (SSSR count). The quantitative estimate of drug-likeness (QED) is 0.0902. The summed E-state index contributed by atoms with van der Waals surface area (Å²) < 4.78 is 64.3. The van der Waals surface area contributed by atoms with Crippen LogP contribution in [0.15, 0.2) is 78.0 Å². The molecule has 0 unspecified atom stereocenters. The lowest BCUT2D eigenvalue weighted by Gasteiger charge is -2.12. The topological polar surface area (TPSA) is 134 Å². The van der Waals surface area contributed by atoms with Crippen molar-refractivity contribution < 1.29 is 36.6 Å². The summed E-state index contributed by atoms with van der Waals surface area (Å²) in [6.45, 7) is 5.12. The normalized spacial score (nSPS) is 11.8. The second-order valence-electron chi connectivity index (χ2n) is 11.1. The second-order valence-corrected chi connectivity index (χ2v) is 11.4. The molecule has 0 atom stereocenters. The molecule has 0 bridgehead atoms. The molecule has 0 N–H and O–H groups in total. The second kappa shape index (κ2) is 15.3. The Bertz CT molecular complexity index is 2030. The number of nitrogens with zero attached hydrogens (tertiary/aromatic N) is 7. The summed E-state index contributed by atoms with van der Waals surface area (Å²) in [7, 11) is 2.47. The van der Waals surface area contributed by atoms with Crippen molar-refractivity contribution in [2.75, 3.05) is 14.2 Å². The van der Waals surface area contributed by atoms with E-state index in [0.29, 0.717) is 36.4 Å². The highest BCUT2D eigenvalue weighted by molar-refractivity contribution is 6.67. The SMILES string of the molecule is COC(=O)c1cc(-c2ccc(C)cn2)cc(-n2nnnc2C(C)(F)F)c1.COC(=O)c1cc(N=C(Cl)C(C)(F)F)cc(-c2ccc(C)cn2)c1. The molecule has 0 saturated carbocycles. The Morgan fingerprint density at radius 2 is 1.30 bits per heavy atom. The Morgan fingerprint density at radius 3 is 1.76 bits per heavy atom. The van der Waals surface area contributed by atoms with Gasteiger partial charge in [-0.2, -0.15) is 22.2 Å². The van der Waals surface area contributed by atoms with E-state index in [1.165, 1.54) is 32.4 Å². The molecule has 3 aromatic heterocycles. The van der Waals surface area contributed by atoms with Crippen molar-refractivity contribution >= 4 is 34.4 Å². The average molecular weight is 712 g/mol. The van der Waals surface area contributed by atoms with Gasteiger partial charge in [0.05, 0.1) is 48.1 Å². The van der Waals surface area contributed by atoms with Gasteiger partial charge in [-0.05, 0) is 83.9 Å². The van der Waals surface area contributed by atoms with Crippen molar-refractivity contribution in [3.8, 4) is 28.2 Å². The lowest BCUT2D eigenvalue weighted by Crippen LogP contribution is -2.18. The van der Waals surface area contributed by atoms with E-state index in [1.54, 1.807) is 42.7 Å². The first-order valence-electron chi connectivity index (χ1n) is 14.6. The average Bonchev–Trinajstić information content (AvgIpc) is 3.59. The highest BCUT2D eigenvalue weighted by Gasteiger charge is 2.33. The monoisotopic (exact) mass is 711 g/mol. The molecule has 0 aliphatic rings. The third kappa shape index (κ3) is 9.31. The Hall–Kier alpha value is -5.57. The van der Waals surface area contributed by atoms with E-state index >= 15 is 0 Å². The zero-order valence-electron chi connectivity index (χ0n) is 27.6. The molecule has 11 nitrogen and oxygen atoms in total. The number of tetrazole rings is 1. The number of aryl methyl sites for hydroxylation is 2. The van der Waals surface area contributed by atoms with Crippen molar-refractivity contribution in [3.05, 3.63) is 101 Å². The molecule has 0 amide bonds. The molecule has 0 saturated heterocycles. The molecule has 0 radical (unpaired) electrons. The van der Waals surface area contributed by atoms with Crippen LogP contribution in [0, 0.1) is 13.8 Å². The van der Waals surface area contributed by atoms with Crippen LogP contribution in [0.25, 0.3) is 28.2 Å². The molecule has 50 heavy (non-hydrogen) atoms.